The predicted molar refractivity (Wildman–Crippen MR) is 133 cm³/mol. The molecule has 0 spiro atoms. The molecule has 0 saturated carbocycles. The van der Waals surface area contributed by atoms with E-state index < -0.39 is 17.9 Å². The van der Waals surface area contributed by atoms with Gasteiger partial charge in [-0.15, -0.1) is 11.3 Å². The summed E-state index contributed by atoms with van der Waals surface area (Å²) < 4.78 is 15.2. The Morgan fingerprint density at radius 1 is 0.853 bits per heavy atom. The fourth-order valence-corrected chi connectivity index (χ4v) is 3.76. The lowest BCUT2D eigenvalue weighted by atomic mass is 10.1. The van der Waals surface area contributed by atoms with Gasteiger partial charge >= 0.3 is 17.9 Å². The van der Waals surface area contributed by atoms with Crippen molar-refractivity contribution in [1.82, 2.24) is 0 Å². The summed E-state index contributed by atoms with van der Waals surface area (Å²) in [5, 5.41) is 2.81. The lowest BCUT2D eigenvalue weighted by molar-refractivity contribution is -0.137. The van der Waals surface area contributed by atoms with Crippen LogP contribution < -0.4 is 5.32 Å². The van der Waals surface area contributed by atoms with Gasteiger partial charge in [0.05, 0.1) is 19.8 Å². The van der Waals surface area contributed by atoms with E-state index in [1.807, 2.05) is 6.92 Å². The van der Waals surface area contributed by atoms with Gasteiger partial charge in [-0.25, -0.2) is 14.4 Å². The summed E-state index contributed by atoms with van der Waals surface area (Å²) in [6.07, 6.45) is 10.0. The van der Waals surface area contributed by atoms with Crippen molar-refractivity contribution in [3.05, 3.63) is 57.5 Å². The number of hydrogen-bond donors (Lipinski definition) is 1. The third-order valence-electron chi connectivity index (χ3n) is 4.04. The molecule has 9 heteroatoms. The predicted octanol–water partition coefficient (Wildman–Crippen LogP) is 5.09. The Bertz CT molecular complexity index is 1030. The molecule has 1 heterocycles. The number of thiophene rings is 1. The lowest BCUT2D eigenvalue weighted by Crippen LogP contribution is -2.12. The van der Waals surface area contributed by atoms with Gasteiger partial charge in [0, 0.05) is 18.6 Å². The van der Waals surface area contributed by atoms with Crippen molar-refractivity contribution in [3.63, 3.8) is 0 Å². The van der Waals surface area contributed by atoms with E-state index in [0.29, 0.717) is 12.2 Å². The van der Waals surface area contributed by atoms with E-state index in [2.05, 4.69) is 5.32 Å². The van der Waals surface area contributed by atoms with Crippen LogP contribution in [-0.2, 0) is 23.8 Å². The van der Waals surface area contributed by atoms with Crippen LogP contribution in [0.2, 0.25) is 0 Å². The molecule has 34 heavy (non-hydrogen) atoms. The van der Waals surface area contributed by atoms with Gasteiger partial charge in [0.2, 0.25) is 5.91 Å². The standard InChI is InChI=1S/C25H31NO7S/c1-7-31-20(28)15-17(5)12-10-11-16(4)13-14-19-21(24(29)32-8-2)23(26-18(6)27)34-22(19)25(30)33-9-3/h10-15H,7-9H2,1-6H3,(H,26,27)/b12-10?,14-13?,16-11?,17-15+. The molecule has 0 aliphatic carbocycles. The average molecular weight is 490 g/mol. The van der Waals surface area contributed by atoms with E-state index >= 15 is 0 Å². The number of ether oxygens (including phenoxy) is 3. The molecular weight excluding hydrogens is 458 g/mol. The van der Waals surface area contributed by atoms with Crippen molar-refractivity contribution in [3.8, 4) is 0 Å². The number of carbonyl (C=O) groups excluding carboxylic acids is 4. The maximum Gasteiger partial charge on any atom is 0.349 e. The minimum Gasteiger partial charge on any atom is -0.463 e. The second-order valence-corrected chi connectivity index (χ2v) is 7.94. The quantitative estimate of drug-likeness (QED) is 0.200. The normalized spacial score (nSPS) is 12.2. The highest BCUT2D eigenvalue weighted by Crippen LogP contribution is 2.36. The highest BCUT2D eigenvalue weighted by Gasteiger charge is 2.28. The molecule has 0 radical (unpaired) electrons. The van der Waals surface area contributed by atoms with Crippen LogP contribution >= 0.6 is 11.3 Å². The molecule has 1 amide bonds. The van der Waals surface area contributed by atoms with Crippen molar-refractivity contribution in [2.45, 2.75) is 41.5 Å². The second-order valence-electron chi connectivity index (χ2n) is 6.91. The molecule has 0 aliphatic rings. The van der Waals surface area contributed by atoms with Crippen molar-refractivity contribution in [2.75, 3.05) is 25.1 Å². The van der Waals surface area contributed by atoms with E-state index in [4.69, 9.17) is 14.2 Å². The molecule has 1 aromatic heterocycles. The Kier molecular flexibility index (Phi) is 12.3. The van der Waals surface area contributed by atoms with Crippen molar-refractivity contribution >= 4 is 46.2 Å². The fourth-order valence-electron chi connectivity index (χ4n) is 2.64. The zero-order valence-corrected chi connectivity index (χ0v) is 21.2. The Morgan fingerprint density at radius 3 is 2.06 bits per heavy atom. The third kappa shape index (κ3) is 9.19. The van der Waals surface area contributed by atoms with Crippen molar-refractivity contribution in [2.24, 2.45) is 0 Å². The first kappa shape index (κ1) is 28.6. The number of hydrogen-bond acceptors (Lipinski definition) is 8. The van der Waals surface area contributed by atoms with E-state index in [1.54, 1.807) is 58.1 Å². The number of esters is 3. The van der Waals surface area contributed by atoms with Crippen LogP contribution in [0.5, 0.6) is 0 Å². The second kappa shape index (κ2) is 14.6. The van der Waals surface area contributed by atoms with Gasteiger partial charge in [-0.1, -0.05) is 36.0 Å². The topological polar surface area (TPSA) is 108 Å². The SMILES string of the molecule is CCOC(=O)/C=C(\C)C=CC=C(C)C=Cc1c(C(=O)OCC)sc(NC(C)=O)c1C(=O)OCC. The van der Waals surface area contributed by atoms with Gasteiger partial charge in [0.1, 0.15) is 15.4 Å². The summed E-state index contributed by atoms with van der Waals surface area (Å²) in [7, 11) is 0. The minimum absolute atomic E-state index is 0.0953. The summed E-state index contributed by atoms with van der Waals surface area (Å²) in [6, 6.07) is 0. The summed E-state index contributed by atoms with van der Waals surface area (Å²) in [6.45, 7) is 10.6. The average Bonchev–Trinajstić information content (AvgIpc) is 3.10. The van der Waals surface area contributed by atoms with Crippen LogP contribution in [0.1, 0.15) is 67.1 Å². The van der Waals surface area contributed by atoms with Gasteiger partial charge in [-0.2, -0.15) is 0 Å². The van der Waals surface area contributed by atoms with Crippen LogP contribution in [0.25, 0.3) is 6.08 Å². The van der Waals surface area contributed by atoms with Gasteiger partial charge in [-0.3, -0.25) is 4.79 Å². The maximum absolute atomic E-state index is 12.7. The number of rotatable bonds is 11. The molecule has 0 aromatic carbocycles. The smallest absolute Gasteiger partial charge is 0.349 e. The molecule has 0 saturated heterocycles. The molecule has 0 unspecified atom stereocenters. The number of amides is 1. The zero-order valence-electron chi connectivity index (χ0n) is 20.4. The van der Waals surface area contributed by atoms with E-state index in [-0.39, 0.29) is 34.6 Å². The maximum atomic E-state index is 12.7. The molecule has 0 atom stereocenters. The molecule has 1 aromatic rings. The number of nitrogens with one attached hydrogen (secondary N) is 1. The van der Waals surface area contributed by atoms with Crippen LogP contribution in [0, 0.1) is 0 Å². The van der Waals surface area contributed by atoms with Crippen LogP contribution in [0.15, 0.2) is 41.5 Å². The van der Waals surface area contributed by atoms with Crippen molar-refractivity contribution in [1.29, 1.82) is 0 Å². The molecule has 0 fully saturated rings. The highest BCUT2D eigenvalue weighted by atomic mass is 32.1. The Morgan fingerprint density at radius 2 is 1.47 bits per heavy atom. The summed E-state index contributed by atoms with van der Waals surface area (Å²) in [5.74, 6) is -2.05. The van der Waals surface area contributed by atoms with E-state index in [0.717, 1.165) is 22.5 Å². The Hall–Kier alpha value is -3.46. The third-order valence-corrected chi connectivity index (χ3v) is 5.14. The van der Waals surface area contributed by atoms with Crippen molar-refractivity contribution < 1.29 is 33.4 Å². The number of anilines is 1. The fraction of sp³-hybridized carbons (Fsp3) is 0.360. The first-order valence-corrected chi connectivity index (χ1v) is 11.6. The lowest BCUT2D eigenvalue weighted by Gasteiger charge is -2.06. The summed E-state index contributed by atoms with van der Waals surface area (Å²) in [5.41, 5.74) is 1.93. The Balaban J connectivity index is 3.36. The molecule has 1 N–H and O–H groups in total. The molecule has 0 bridgehead atoms. The Labute approximate surface area is 204 Å². The molecule has 0 aliphatic heterocycles. The largest absolute Gasteiger partial charge is 0.463 e. The van der Waals surface area contributed by atoms with Gasteiger partial charge in [-0.05, 0) is 40.2 Å². The van der Waals surface area contributed by atoms with Gasteiger partial charge in [0.15, 0.2) is 0 Å². The summed E-state index contributed by atoms with van der Waals surface area (Å²) in [4.78, 5) is 48.5. The van der Waals surface area contributed by atoms with Crippen LogP contribution in [0.4, 0.5) is 5.00 Å². The number of carbonyl (C=O) groups is 4. The van der Waals surface area contributed by atoms with E-state index in [9.17, 15) is 19.2 Å². The first-order valence-electron chi connectivity index (χ1n) is 10.8. The molecule has 8 nitrogen and oxygen atoms in total. The first-order chi connectivity index (χ1) is 16.1. The zero-order chi connectivity index (χ0) is 25.7. The van der Waals surface area contributed by atoms with E-state index in [1.165, 1.54) is 13.0 Å². The molecule has 184 valence electrons. The van der Waals surface area contributed by atoms with Crippen LogP contribution in [-0.4, -0.2) is 43.6 Å². The molecule has 1 rings (SSSR count). The molecular formula is C25H31NO7S. The van der Waals surface area contributed by atoms with Gasteiger partial charge < -0.3 is 19.5 Å². The number of allylic oxidation sites excluding steroid dienone is 6. The minimum atomic E-state index is -0.654. The van der Waals surface area contributed by atoms with Crippen LogP contribution in [0.3, 0.4) is 0 Å². The highest BCUT2D eigenvalue weighted by molar-refractivity contribution is 7.18. The van der Waals surface area contributed by atoms with Gasteiger partial charge in [0.25, 0.3) is 0 Å². The summed E-state index contributed by atoms with van der Waals surface area (Å²) >= 11 is 0.956. The monoisotopic (exact) mass is 489 g/mol.